The lowest BCUT2D eigenvalue weighted by atomic mass is 9.79. The van der Waals surface area contributed by atoms with Crippen LogP contribution in [0, 0.1) is 29.1 Å². The maximum Gasteiger partial charge on any atom is 0.307 e. The van der Waals surface area contributed by atoms with Gasteiger partial charge in [-0.05, 0) is 96.0 Å². The van der Waals surface area contributed by atoms with E-state index in [1.54, 1.807) is 31.2 Å². The highest BCUT2D eigenvalue weighted by molar-refractivity contribution is 7.91. The van der Waals surface area contributed by atoms with Gasteiger partial charge in [0.15, 0.2) is 5.78 Å². The van der Waals surface area contributed by atoms with Gasteiger partial charge >= 0.3 is 5.97 Å². The molecule has 3 fully saturated rings. The third-order valence-corrected chi connectivity index (χ3v) is 14.1. The number of methoxy groups -OCH3 is 1. The first kappa shape index (κ1) is 33.1. The van der Waals surface area contributed by atoms with Gasteiger partial charge in [0.2, 0.25) is 33.6 Å². The van der Waals surface area contributed by atoms with Crippen molar-refractivity contribution in [2.45, 2.75) is 128 Å². The Hall–Kier alpha value is -4.07. The molecule has 1 aromatic carbocycles. The summed E-state index contributed by atoms with van der Waals surface area (Å²) in [5.41, 5.74) is -4.28. The summed E-state index contributed by atoms with van der Waals surface area (Å²) in [4.78, 5) is 59.1. The van der Waals surface area contributed by atoms with Gasteiger partial charge in [0.05, 0.1) is 53.0 Å². The van der Waals surface area contributed by atoms with E-state index in [1.165, 1.54) is 12.0 Å². The summed E-state index contributed by atoms with van der Waals surface area (Å²) in [7, 11) is -2.59. The number of allylic oxidation sites excluding steroid dienone is 2. The van der Waals surface area contributed by atoms with Crippen molar-refractivity contribution in [2.24, 2.45) is 29.1 Å². The molecule has 55 heavy (non-hydrogen) atoms. The third-order valence-electron chi connectivity index (χ3n) is 11.9. The first-order valence-electron chi connectivity index (χ1n) is 22.1. The zero-order chi connectivity index (χ0) is 44.9. The van der Waals surface area contributed by atoms with Gasteiger partial charge in [0, 0.05) is 21.1 Å². The quantitative estimate of drug-likeness (QED) is 0.244. The molecule has 0 spiro atoms. The minimum Gasteiger partial charge on any atom is -0.479 e. The first-order chi connectivity index (χ1) is 28.4. The molecule has 6 rings (SSSR count). The topological polar surface area (TPSA) is 171 Å². The summed E-state index contributed by atoms with van der Waals surface area (Å²) >= 11 is 0. The monoisotopic (exact) mass is 786 g/mol. The maximum absolute atomic E-state index is 15.2. The Balaban J connectivity index is 1.39. The van der Waals surface area contributed by atoms with E-state index in [1.807, 2.05) is 26.0 Å². The fourth-order valence-electron chi connectivity index (χ4n) is 8.24. The van der Waals surface area contributed by atoms with Crippen molar-refractivity contribution in [1.82, 2.24) is 19.8 Å². The number of carbonyl (C=O) groups is 4. The minimum absolute atomic E-state index is 0.00627. The van der Waals surface area contributed by atoms with Crippen LogP contribution in [0.4, 0.5) is 0 Å². The Labute approximate surface area is 332 Å². The van der Waals surface area contributed by atoms with E-state index in [0.29, 0.717) is 49.3 Å². The number of benzene rings is 1. The van der Waals surface area contributed by atoms with E-state index >= 15 is 4.79 Å². The molecular weight excluding hydrogens is 725 g/mol. The molecule has 2 amide bonds. The summed E-state index contributed by atoms with van der Waals surface area (Å²) < 4.78 is 92.6. The zero-order valence-corrected chi connectivity index (χ0v) is 32.9. The number of nitrogens with zero attached hydrogens (tertiary/aromatic N) is 3. The van der Waals surface area contributed by atoms with Crippen LogP contribution in [0.3, 0.4) is 0 Å². The molecule has 0 unspecified atom stereocenters. The molecule has 0 bridgehead atoms. The molecule has 13 nitrogen and oxygen atoms in total. The number of Topliss-reactive ketones (excluding diaryl/α,β-unsaturated/α-hetero) is 1. The normalized spacial score (nSPS) is 32.3. The molecular formula is C41H56N4O9S. The minimum atomic E-state index is -4.05. The number of nitrogens with one attached hydrogen (secondary N) is 1. The molecule has 4 aliphatic rings. The van der Waals surface area contributed by atoms with Gasteiger partial charge in [-0.1, -0.05) is 44.6 Å². The molecule has 14 heteroatoms. The maximum atomic E-state index is 15.2. The lowest BCUT2D eigenvalue weighted by Gasteiger charge is -2.33. The summed E-state index contributed by atoms with van der Waals surface area (Å²) in [6.07, 6.45) is 4.95. The van der Waals surface area contributed by atoms with Gasteiger partial charge in [-0.25, -0.2) is 8.42 Å². The van der Waals surface area contributed by atoms with E-state index in [-0.39, 0.29) is 43.5 Å². The van der Waals surface area contributed by atoms with Crippen LogP contribution in [0.1, 0.15) is 114 Å². The van der Waals surface area contributed by atoms with Crippen molar-refractivity contribution in [3.63, 3.8) is 0 Å². The van der Waals surface area contributed by atoms with Crippen molar-refractivity contribution >= 4 is 44.4 Å². The van der Waals surface area contributed by atoms with Crippen molar-refractivity contribution in [3.05, 3.63) is 36.4 Å². The number of sulfonamides is 1. The molecule has 1 N–H and O–H groups in total. The summed E-state index contributed by atoms with van der Waals surface area (Å²) in [6.45, 7) is -0.400. The average molecular weight is 787 g/mol. The number of rotatable bonds is 9. The van der Waals surface area contributed by atoms with Crippen LogP contribution < -0.4 is 14.2 Å². The van der Waals surface area contributed by atoms with E-state index in [2.05, 4.69) is 14.9 Å². The fraction of sp³-hybridized carbons (Fsp3) is 0.659. The molecule has 2 aromatic rings. The second-order valence-electron chi connectivity index (χ2n) is 16.4. The van der Waals surface area contributed by atoms with E-state index < -0.39 is 99.4 Å². The lowest BCUT2D eigenvalue weighted by Crippen LogP contribution is -2.48. The predicted octanol–water partition coefficient (Wildman–Crippen LogP) is 5.70. The van der Waals surface area contributed by atoms with Gasteiger partial charge in [-0.3, -0.25) is 23.9 Å². The van der Waals surface area contributed by atoms with Crippen LogP contribution in [0.25, 0.3) is 10.8 Å². The highest BCUT2D eigenvalue weighted by atomic mass is 32.2. The summed E-state index contributed by atoms with van der Waals surface area (Å²) in [6, 6.07) is 5.89. The van der Waals surface area contributed by atoms with Crippen LogP contribution in [-0.2, 0) is 33.9 Å². The number of amides is 2. The largest absolute Gasteiger partial charge is 0.479 e. The van der Waals surface area contributed by atoms with Crippen LogP contribution in [0.15, 0.2) is 36.4 Å². The number of esters is 1. The molecule has 1 saturated heterocycles. The molecule has 3 heterocycles. The van der Waals surface area contributed by atoms with Crippen LogP contribution in [-0.4, -0.2) is 83.2 Å². The molecule has 2 saturated carbocycles. The molecule has 2 aliphatic carbocycles. The Bertz CT molecular complexity index is 2170. The Morgan fingerprint density at radius 2 is 1.80 bits per heavy atom. The number of ketones is 1. The lowest BCUT2D eigenvalue weighted by molar-refractivity contribution is -0.160. The molecule has 300 valence electrons. The van der Waals surface area contributed by atoms with Crippen molar-refractivity contribution in [3.8, 4) is 11.8 Å². The number of hydrogen-bond donors (Lipinski definition) is 1. The number of hydrogen-bond acceptors (Lipinski definition) is 11. The standard InChI is InChI=1S/C41H56N4O9S/c1-8-26-19-25(2)13-9-10-14-27-22-41(27,38(49)44-55(50,51)40(6)17-18-40)23-33(46)32-20-28(24-45(32)37(48)31(26)21-34(47)54-39(3,4)5)53-36-30-16-12-11-15-29(30)35(52-7)42-43-36/h10-12,14-16,25-28,31-32H,8-9,13,17-24H2,1-7H3,(H,44,49)/b14-10-/t25-,26-,27-,28-,31+,32+,41-/m1/s1/i3D3,4D3. The average Bonchev–Trinajstić information content (AvgIpc) is 4.06. The Morgan fingerprint density at radius 1 is 1.11 bits per heavy atom. The number of ether oxygens (including phenoxy) is 3. The molecule has 2 aliphatic heterocycles. The molecule has 0 radical (unpaired) electrons. The number of fused-ring (bicyclic) bond motifs is 3. The fourth-order valence-corrected chi connectivity index (χ4v) is 9.57. The second-order valence-corrected chi connectivity index (χ2v) is 18.6. The van der Waals surface area contributed by atoms with Crippen molar-refractivity contribution < 1.29 is 50.0 Å². The second kappa shape index (κ2) is 15.5. The Morgan fingerprint density at radius 3 is 2.45 bits per heavy atom. The number of aromatic nitrogens is 2. The predicted molar refractivity (Wildman–Crippen MR) is 205 cm³/mol. The van der Waals surface area contributed by atoms with E-state index in [0.717, 1.165) is 6.92 Å². The van der Waals surface area contributed by atoms with Crippen molar-refractivity contribution in [1.29, 1.82) is 0 Å². The Kier molecular flexibility index (Phi) is 9.31. The van der Waals surface area contributed by atoms with Gasteiger partial charge < -0.3 is 19.1 Å². The van der Waals surface area contributed by atoms with Gasteiger partial charge in [-0.2, -0.15) is 0 Å². The molecule has 1 aromatic heterocycles. The SMILES string of the molecule is [2H]C([2H])([2H])C(C)(OC(=O)C[C@@H]1C(=O)N2C[C@H](Oc3nnc(OC)c4ccccc34)C[C@H]2C(=O)C[C@]2(C(=O)NS(=O)(=O)C3(C)CC3)C[C@H]2/C=C\CC[C@@H](C)C[C@H]1CC)C([2H])([2H])[2H]. The molecule has 7 atom stereocenters. The highest BCUT2D eigenvalue weighted by Gasteiger charge is 2.62. The van der Waals surface area contributed by atoms with Crippen LogP contribution >= 0.6 is 0 Å². The van der Waals surface area contributed by atoms with E-state index in [4.69, 9.17) is 22.4 Å². The van der Waals surface area contributed by atoms with E-state index in [9.17, 15) is 22.8 Å². The first-order valence-corrected chi connectivity index (χ1v) is 20.6. The van der Waals surface area contributed by atoms with Crippen LogP contribution in [0.2, 0.25) is 0 Å². The van der Waals surface area contributed by atoms with Crippen LogP contribution in [0.5, 0.6) is 11.8 Å². The zero-order valence-electron chi connectivity index (χ0n) is 38.1. The summed E-state index contributed by atoms with van der Waals surface area (Å²) in [5.74, 6) is -4.84. The van der Waals surface area contributed by atoms with Gasteiger partial charge in [-0.15, -0.1) is 10.2 Å². The van der Waals surface area contributed by atoms with Crippen molar-refractivity contribution in [2.75, 3.05) is 13.7 Å². The highest BCUT2D eigenvalue weighted by Crippen LogP contribution is 2.58. The van der Waals surface area contributed by atoms with Gasteiger partial charge in [0.25, 0.3) is 0 Å². The van der Waals surface area contributed by atoms with Gasteiger partial charge in [0.1, 0.15) is 11.7 Å². The smallest absolute Gasteiger partial charge is 0.307 e. The summed E-state index contributed by atoms with van der Waals surface area (Å²) in [5, 5.41) is 9.53. The number of carbonyl (C=O) groups excluding carboxylic acids is 4. The third kappa shape index (κ3) is 8.68.